The molecule has 1 atom stereocenters. The number of amides is 1. The van der Waals surface area contributed by atoms with Crippen molar-refractivity contribution in [2.45, 2.75) is 13.0 Å². The van der Waals surface area contributed by atoms with Gasteiger partial charge in [-0.2, -0.15) is 0 Å². The Kier molecular flexibility index (Phi) is 5.74. The van der Waals surface area contributed by atoms with Gasteiger partial charge < -0.3 is 9.84 Å². The summed E-state index contributed by atoms with van der Waals surface area (Å²) in [5.41, 5.74) is 1.11. The second kappa shape index (κ2) is 8.45. The monoisotopic (exact) mass is 483 g/mol. The zero-order chi connectivity index (χ0) is 21.3. The molecule has 7 heteroatoms. The molecule has 1 N–H and O–H groups in total. The molecule has 2 aromatic carbocycles. The van der Waals surface area contributed by atoms with Crippen LogP contribution in [-0.4, -0.2) is 23.4 Å². The van der Waals surface area contributed by atoms with E-state index in [0.29, 0.717) is 23.6 Å². The van der Waals surface area contributed by atoms with Crippen LogP contribution in [0.4, 0.5) is 5.69 Å². The number of aliphatic hydroxyl groups is 1. The van der Waals surface area contributed by atoms with Crippen molar-refractivity contribution >= 4 is 50.4 Å². The summed E-state index contributed by atoms with van der Waals surface area (Å²) in [5.74, 6) is -0.913. The molecule has 0 aliphatic carbocycles. The van der Waals surface area contributed by atoms with Gasteiger partial charge in [-0.3, -0.25) is 14.5 Å². The van der Waals surface area contributed by atoms with Crippen molar-refractivity contribution in [2.24, 2.45) is 0 Å². The van der Waals surface area contributed by atoms with Crippen molar-refractivity contribution in [3.05, 3.63) is 86.5 Å². The first-order valence-electron chi connectivity index (χ1n) is 9.34. The summed E-state index contributed by atoms with van der Waals surface area (Å²) in [6.07, 6.45) is 0. The van der Waals surface area contributed by atoms with Crippen LogP contribution in [0, 0.1) is 0 Å². The van der Waals surface area contributed by atoms with Gasteiger partial charge in [-0.1, -0.05) is 28.1 Å². The van der Waals surface area contributed by atoms with Gasteiger partial charge in [-0.25, -0.2) is 0 Å². The first kappa shape index (κ1) is 20.4. The molecular weight excluding hydrogens is 466 g/mol. The number of hydrogen-bond acceptors (Lipinski definition) is 5. The summed E-state index contributed by atoms with van der Waals surface area (Å²) in [5, 5.41) is 12.9. The minimum absolute atomic E-state index is 0.0755. The van der Waals surface area contributed by atoms with E-state index in [-0.39, 0.29) is 11.3 Å². The van der Waals surface area contributed by atoms with Crippen molar-refractivity contribution in [3.8, 4) is 5.75 Å². The highest BCUT2D eigenvalue weighted by Gasteiger charge is 2.47. The Bertz CT molecular complexity index is 1120. The van der Waals surface area contributed by atoms with Crippen LogP contribution in [0.15, 0.2) is 76.1 Å². The fraction of sp³-hybridized carbons (Fsp3) is 0.130. The first-order valence-corrected chi connectivity index (χ1v) is 11.0. The van der Waals surface area contributed by atoms with Crippen molar-refractivity contribution in [3.63, 3.8) is 0 Å². The maximum absolute atomic E-state index is 13.0. The lowest BCUT2D eigenvalue weighted by Gasteiger charge is -2.24. The van der Waals surface area contributed by atoms with Crippen molar-refractivity contribution in [1.29, 1.82) is 0 Å². The SMILES string of the molecule is CCOc1ccc(/C(O)=C2/C(=O)C(=O)N(c3cccc(Br)c3)C2c2cccs2)cc1. The highest BCUT2D eigenvalue weighted by atomic mass is 79.9. The lowest BCUT2D eigenvalue weighted by Crippen LogP contribution is -2.29. The number of thiophene rings is 1. The van der Waals surface area contributed by atoms with Crippen molar-refractivity contribution < 1.29 is 19.4 Å². The molecule has 1 aromatic heterocycles. The third-order valence-electron chi connectivity index (χ3n) is 4.78. The first-order chi connectivity index (χ1) is 14.5. The lowest BCUT2D eigenvalue weighted by molar-refractivity contribution is -0.132. The molecule has 5 nitrogen and oxygen atoms in total. The molecule has 30 heavy (non-hydrogen) atoms. The number of carbonyl (C=O) groups is 2. The molecule has 4 rings (SSSR count). The summed E-state index contributed by atoms with van der Waals surface area (Å²) in [7, 11) is 0. The van der Waals surface area contributed by atoms with Crippen LogP contribution in [0.5, 0.6) is 5.75 Å². The van der Waals surface area contributed by atoms with Gasteiger partial charge in [0.25, 0.3) is 11.7 Å². The molecule has 1 aliphatic heterocycles. The molecule has 0 spiro atoms. The summed E-state index contributed by atoms with van der Waals surface area (Å²) in [4.78, 5) is 28.3. The van der Waals surface area contributed by atoms with E-state index in [9.17, 15) is 14.7 Å². The van der Waals surface area contributed by atoms with E-state index in [1.54, 1.807) is 42.5 Å². The molecule has 2 heterocycles. The van der Waals surface area contributed by atoms with Gasteiger partial charge >= 0.3 is 0 Å². The summed E-state index contributed by atoms with van der Waals surface area (Å²) in [6, 6.07) is 17.0. The topological polar surface area (TPSA) is 66.8 Å². The Hall–Kier alpha value is -2.90. The van der Waals surface area contributed by atoms with Gasteiger partial charge in [0.1, 0.15) is 17.6 Å². The number of rotatable bonds is 5. The Morgan fingerprint density at radius 1 is 1.13 bits per heavy atom. The minimum Gasteiger partial charge on any atom is -0.507 e. The van der Waals surface area contributed by atoms with Gasteiger partial charge in [-0.15, -0.1) is 11.3 Å². The van der Waals surface area contributed by atoms with E-state index < -0.39 is 17.7 Å². The molecule has 152 valence electrons. The Morgan fingerprint density at radius 3 is 2.53 bits per heavy atom. The molecule has 1 saturated heterocycles. The highest BCUT2D eigenvalue weighted by molar-refractivity contribution is 9.10. The average molecular weight is 484 g/mol. The van der Waals surface area contributed by atoms with E-state index in [1.165, 1.54) is 16.2 Å². The van der Waals surface area contributed by atoms with E-state index >= 15 is 0 Å². The second-order valence-electron chi connectivity index (χ2n) is 6.62. The molecule has 1 aliphatic rings. The molecule has 3 aromatic rings. The molecule has 1 amide bonds. The second-order valence-corrected chi connectivity index (χ2v) is 8.52. The van der Waals surface area contributed by atoms with Crippen LogP contribution in [0.1, 0.15) is 23.4 Å². The number of carbonyl (C=O) groups excluding carboxylic acids is 2. The Labute approximate surface area is 186 Å². The minimum atomic E-state index is -0.709. The van der Waals surface area contributed by atoms with E-state index in [2.05, 4.69) is 15.9 Å². The molecule has 0 saturated carbocycles. The quantitative estimate of drug-likeness (QED) is 0.294. The fourth-order valence-electron chi connectivity index (χ4n) is 3.47. The third-order valence-corrected chi connectivity index (χ3v) is 6.20. The Balaban J connectivity index is 1.86. The fourth-order valence-corrected chi connectivity index (χ4v) is 4.68. The van der Waals surface area contributed by atoms with Crippen LogP contribution >= 0.6 is 27.3 Å². The van der Waals surface area contributed by atoms with Gasteiger partial charge in [0.2, 0.25) is 0 Å². The number of ketones is 1. The predicted octanol–water partition coefficient (Wildman–Crippen LogP) is 5.54. The normalized spacial score (nSPS) is 18.1. The highest BCUT2D eigenvalue weighted by Crippen LogP contribution is 2.44. The lowest BCUT2D eigenvalue weighted by atomic mass is 9.99. The van der Waals surface area contributed by atoms with Gasteiger partial charge in [0, 0.05) is 20.6 Å². The Morgan fingerprint density at radius 2 is 1.90 bits per heavy atom. The molecule has 0 radical (unpaired) electrons. The van der Waals surface area contributed by atoms with Gasteiger partial charge in [-0.05, 0) is 60.8 Å². The van der Waals surface area contributed by atoms with Crippen LogP contribution in [-0.2, 0) is 9.59 Å². The van der Waals surface area contributed by atoms with E-state index in [4.69, 9.17) is 4.74 Å². The number of nitrogens with zero attached hydrogens (tertiary/aromatic N) is 1. The number of benzene rings is 2. The summed E-state index contributed by atoms with van der Waals surface area (Å²) >= 11 is 4.85. The summed E-state index contributed by atoms with van der Waals surface area (Å²) < 4.78 is 6.23. The molecule has 1 unspecified atom stereocenters. The number of Topliss-reactive ketones (excluding diaryl/α,β-unsaturated/α-hetero) is 1. The predicted molar refractivity (Wildman–Crippen MR) is 121 cm³/mol. The third kappa shape index (κ3) is 3.66. The maximum Gasteiger partial charge on any atom is 0.300 e. The maximum atomic E-state index is 13.0. The number of aliphatic hydroxyl groups excluding tert-OH is 1. The van der Waals surface area contributed by atoms with Crippen LogP contribution in [0.3, 0.4) is 0 Å². The largest absolute Gasteiger partial charge is 0.507 e. The number of ether oxygens (including phenoxy) is 1. The number of halogens is 1. The van der Waals surface area contributed by atoms with Crippen LogP contribution in [0.2, 0.25) is 0 Å². The zero-order valence-corrected chi connectivity index (χ0v) is 18.4. The van der Waals surface area contributed by atoms with Crippen LogP contribution < -0.4 is 9.64 Å². The molecule has 1 fully saturated rings. The zero-order valence-electron chi connectivity index (χ0n) is 16.0. The van der Waals surface area contributed by atoms with Crippen LogP contribution in [0.25, 0.3) is 5.76 Å². The van der Waals surface area contributed by atoms with Gasteiger partial charge in [0.05, 0.1) is 12.2 Å². The average Bonchev–Trinajstić information content (AvgIpc) is 3.35. The van der Waals surface area contributed by atoms with Gasteiger partial charge in [0.15, 0.2) is 0 Å². The summed E-state index contributed by atoms with van der Waals surface area (Å²) in [6.45, 7) is 2.42. The molecular formula is C23H18BrNO4S. The number of anilines is 1. The number of hydrogen-bond donors (Lipinski definition) is 1. The smallest absolute Gasteiger partial charge is 0.300 e. The van der Waals surface area contributed by atoms with Crippen molar-refractivity contribution in [2.75, 3.05) is 11.5 Å². The van der Waals surface area contributed by atoms with Crippen molar-refractivity contribution in [1.82, 2.24) is 0 Å². The molecule has 0 bridgehead atoms. The standard InChI is InChI=1S/C23H18BrNO4S/c1-2-29-17-10-8-14(9-11-17)21(26)19-20(18-7-4-12-30-18)25(23(28)22(19)27)16-6-3-5-15(24)13-16/h3-13,20,26H,2H2,1H3/b21-19-. The van der Waals surface area contributed by atoms with E-state index in [0.717, 1.165) is 9.35 Å². The van der Waals surface area contributed by atoms with E-state index in [1.807, 2.05) is 30.5 Å².